The highest BCUT2D eigenvalue weighted by atomic mass is 35.5. The number of guanidine groups is 1. The Labute approximate surface area is 228 Å². The molecule has 0 spiro atoms. The van der Waals surface area contributed by atoms with Crippen molar-refractivity contribution in [3.8, 4) is 23.1 Å². The third-order valence-corrected chi connectivity index (χ3v) is 7.85. The van der Waals surface area contributed by atoms with Gasteiger partial charge in [-0.25, -0.2) is 17.8 Å². The Hall–Kier alpha value is -3.44. The van der Waals surface area contributed by atoms with Crippen LogP contribution >= 0.6 is 23.2 Å². The zero-order valence-electron chi connectivity index (χ0n) is 19.7. The van der Waals surface area contributed by atoms with Crippen molar-refractivity contribution in [2.75, 3.05) is 31.1 Å². The first-order valence-corrected chi connectivity index (χ1v) is 13.4. The highest BCUT2D eigenvalue weighted by Gasteiger charge is 2.28. The fraction of sp³-hybridized carbons (Fsp3) is 0.167. The second-order valence-electron chi connectivity index (χ2n) is 8.10. The normalized spacial score (nSPS) is 14.7. The SMILES string of the molecule is N#CN=C(N)N(c1ccc(Cl)c(-c2ccccc2S(=O)(=O)NN2CCNCC2)c1O)c1cccc(F)c1Cl. The average molecular weight is 578 g/mol. The molecule has 4 rings (SSSR count). The molecular weight excluding hydrogens is 556 g/mol. The van der Waals surface area contributed by atoms with Gasteiger partial charge in [0.25, 0.3) is 10.0 Å². The first-order valence-electron chi connectivity index (χ1n) is 11.2. The summed E-state index contributed by atoms with van der Waals surface area (Å²) in [5.41, 5.74) is 5.99. The van der Waals surface area contributed by atoms with E-state index in [2.05, 4.69) is 15.1 Å². The van der Waals surface area contributed by atoms with Crippen molar-refractivity contribution in [1.82, 2.24) is 15.2 Å². The number of hydrogen-bond donors (Lipinski definition) is 4. The lowest BCUT2D eigenvalue weighted by Gasteiger charge is -2.28. The summed E-state index contributed by atoms with van der Waals surface area (Å²) in [5.74, 6) is -1.70. The third-order valence-electron chi connectivity index (χ3n) is 5.72. The minimum Gasteiger partial charge on any atom is -0.505 e. The number of nitrogens with one attached hydrogen (secondary N) is 2. The fourth-order valence-corrected chi connectivity index (χ4v) is 5.82. The van der Waals surface area contributed by atoms with Gasteiger partial charge in [-0.2, -0.15) is 5.26 Å². The van der Waals surface area contributed by atoms with Crippen molar-refractivity contribution in [3.63, 3.8) is 0 Å². The molecule has 0 radical (unpaired) electrons. The van der Waals surface area contributed by atoms with Crippen LogP contribution in [0.4, 0.5) is 15.8 Å². The molecule has 1 aliphatic heterocycles. The van der Waals surface area contributed by atoms with Gasteiger partial charge in [-0.3, -0.25) is 4.90 Å². The standard InChI is InChI=1S/C24H22Cl2FN7O3S/c25-16-8-9-19(34(24(29)31-14-28)18-6-3-5-17(27)22(18)26)23(35)21(16)15-4-1-2-7-20(15)38(36,37)32-33-12-10-30-11-13-33/h1-9,30,32,35H,10-13H2,(H2,29,31). The Bertz CT molecular complexity index is 1540. The van der Waals surface area contributed by atoms with Gasteiger partial charge in [0.15, 0.2) is 0 Å². The summed E-state index contributed by atoms with van der Waals surface area (Å²) in [5, 5.41) is 24.9. The van der Waals surface area contributed by atoms with Crippen LogP contribution in [0.1, 0.15) is 0 Å². The molecule has 0 aromatic heterocycles. The Kier molecular flexibility index (Phi) is 8.37. The molecule has 0 bridgehead atoms. The van der Waals surface area contributed by atoms with E-state index in [0.717, 1.165) is 11.0 Å². The number of nitrogens with zero attached hydrogens (tertiary/aromatic N) is 4. The van der Waals surface area contributed by atoms with Gasteiger partial charge in [0.2, 0.25) is 12.2 Å². The van der Waals surface area contributed by atoms with E-state index in [0.29, 0.717) is 26.2 Å². The molecule has 10 nitrogen and oxygen atoms in total. The number of piperazine rings is 1. The number of hydrogen-bond acceptors (Lipinski definition) is 7. The van der Waals surface area contributed by atoms with Crippen LogP contribution in [0, 0.1) is 17.3 Å². The minimum atomic E-state index is -4.09. The van der Waals surface area contributed by atoms with E-state index in [1.54, 1.807) is 23.3 Å². The molecule has 1 fully saturated rings. The maximum atomic E-state index is 14.3. The van der Waals surface area contributed by atoms with Crippen LogP contribution in [0.15, 0.2) is 64.5 Å². The van der Waals surface area contributed by atoms with E-state index < -0.39 is 27.5 Å². The Morgan fingerprint density at radius 1 is 1.13 bits per heavy atom. The van der Waals surface area contributed by atoms with Crippen molar-refractivity contribution < 1.29 is 17.9 Å². The molecule has 38 heavy (non-hydrogen) atoms. The third kappa shape index (κ3) is 5.53. The van der Waals surface area contributed by atoms with E-state index in [9.17, 15) is 17.9 Å². The predicted octanol–water partition coefficient (Wildman–Crippen LogP) is 3.54. The molecule has 5 N–H and O–H groups in total. The van der Waals surface area contributed by atoms with Crippen molar-refractivity contribution in [2.24, 2.45) is 10.7 Å². The summed E-state index contributed by atoms with van der Waals surface area (Å²) >= 11 is 12.7. The molecule has 1 heterocycles. The number of halogens is 3. The number of aliphatic imine (C=N–C) groups is 1. The van der Waals surface area contributed by atoms with Crippen LogP contribution in [0.25, 0.3) is 11.1 Å². The predicted molar refractivity (Wildman–Crippen MR) is 144 cm³/mol. The zero-order chi connectivity index (χ0) is 27.4. The number of phenols is 1. The number of aromatic hydroxyl groups is 1. The molecule has 0 unspecified atom stereocenters. The van der Waals surface area contributed by atoms with Crippen molar-refractivity contribution in [1.29, 1.82) is 5.26 Å². The van der Waals surface area contributed by atoms with Crippen LogP contribution in [0.5, 0.6) is 5.75 Å². The number of nitriles is 1. The lowest BCUT2D eigenvalue weighted by Crippen LogP contribution is -2.52. The number of rotatable bonds is 6. The number of hydrazine groups is 1. The molecule has 0 atom stereocenters. The van der Waals surface area contributed by atoms with Crippen LogP contribution < -0.4 is 20.8 Å². The molecular formula is C24H22Cl2FN7O3S. The smallest absolute Gasteiger partial charge is 0.254 e. The summed E-state index contributed by atoms with van der Waals surface area (Å²) < 4.78 is 41.1. The van der Waals surface area contributed by atoms with Gasteiger partial charge >= 0.3 is 0 Å². The zero-order valence-corrected chi connectivity index (χ0v) is 22.0. The van der Waals surface area contributed by atoms with Gasteiger partial charge in [0.1, 0.15) is 16.6 Å². The van der Waals surface area contributed by atoms with Gasteiger partial charge in [-0.05, 0) is 30.3 Å². The highest BCUT2D eigenvalue weighted by molar-refractivity contribution is 7.89. The topological polar surface area (TPSA) is 147 Å². The molecule has 3 aromatic carbocycles. The largest absolute Gasteiger partial charge is 0.505 e. The van der Waals surface area contributed by atoms with Crippen LogP contribution in [0.3, 0.4) is 0 Å². The molecule has 1 saturated heterocycles. The average Bonchev–Trinajstić information content (AvgIpc) is 2.89. The van der Waals surface area contributed by atoms with Crippen LogP contribution in [0.2, 0.25) is 10.0 Å². The van der Waals surface area contributed by atoms with E-state index >= 15 is 0 Å². The van der Waals surface area contributed by atoms with Crippen molar-refractivity contribution >= 4 is 50.6 Å². The summed E-state index contributed by atoms with van der Waals surface area (Å²) in [4.78, 5) is 7.02. The molecule has 1 aliphatic rings. The van der Waals surface area contributed by atoms with Crippen LogP contribution in [-0.2, 0) is 10.0 Å². The first-order chi connectivity index (χ1) is 18.2. The summed E-state index contributed by atoms with van der Waals surface area (Å²) in [6, 6.07) is 12.7. The summed E-state index contributed by atoms with van der Waals surface area (Å²) in [7, 11) is -4.09. The number of phenolic OH excluding ortho intramolecular Hbond substituents is 1. The van der Waals surface area contributed by atoms with Gasteiger partial charge in [0, 0.05) is 37.3 Å². The molecule has 0 aliphatic carbocycles. The maximum Gasteiger partial charge on any atom is 0.254 e. The number of anilines is 2. The summed E-state index contributed by atoms with van der Waals surface area (Å²) in [6.07, 6.45) is 1.55. The molecule has 0 saturated carbocycles. The monoisotopic (exact) mass is 577 g/mol. The summed E-state index contributed by atoms with van der Waals surface area (Å²) in [6.45, 7) is 2.15. The van der Waals surface area contributed by atoms with E-state index in [-0.39, 0.29) is 37.4 Å². The molecule has 198 valence electrons. The molecule has 14 heteroatoms. The quantitative estimate of drug-likeness (QED) is 0.197. The van der Waals surface area contributed by atoms with Crippen LogP contribution in [-0.4, -0.2) is 50.7 Å². The van der Waals surface area contributed by atoms with E-state index in [4.69, 9.17) is 34.2 Å². The van der Waals surface area contributed by atoms with Crippen molar-refractivity contribution in [2.45, 2.75) is 4.90 Å². The van der Waals surface area contributed by atoms with Gasteiger partial charge in [0.05, 0.1) is 21.3 Å². The van der Waals surface area contributed by atoms with Gasteiger partial charge in [-0.1, -0.05) is 47.5 Å². The lowest BCUT2D eigenvalue weighted by molar-refractivity contribution is 0.211. The van der Waals surface area contributed by atoms with E-state index in [1.807, 2.05) is 0 Å². The Morgan fingerprint density at radius 3 is 2.55 bits per heavy atom. The molecule has 0 amide bonds. The molecule has 3 aromatic rings. The fourth-order valence-electron chi connectivity index (χ4n) is 4.02. The second-order valence-corrected chi connectivity index (χ2v) is 10.5. The van der Waals surface area contributed by atoms with E-state index in [1.165, 1.54) is 36.4 Å². The number of sulfonamides is 1. The van der Waals surface area contributed by atoms with Gasteiger partial charge < -0.3 is 16.2 Å². The first kappa shape index (κ1) is 27.6. The maximum absolute atomic E-state index is 14.3. The minimum absolute atomic E-state index is 0.0204. The Morgan fingerprint density at radius 2 is 1.84 bits per heavy atom. The highest BCUT2D eigenvalue weighted by Crippen LogP contribution is 2.47. The van der Waals surface area contributed by atoms with Crippen molar-refractivity contribution in [3.05, 3.63) is 70.5 Å². The Balaban J connectivity index is 1.90. The number of benzene rings is 3. The van der Waals surface area contributed by atoms with Gasteiger partial charge in [-0.15, -0.1) is 9.82 Å². The second kappa shape index (κ2) is 11.5. The number of nitrogens with two attached hydrogens (primary N) is 1. The lowest BCUT2D eigenvalue weighted by atomic mass is 10.0.